The maximum absolute atomic E-state index is 10.1. The Morgan fingerprint density at radius 2 is 2.19 bits per heavy atom. The van der Waals surface area contributed by atoms with Crippen molar-refractivity contribution >= 4 is 44.5 Å². The van der Waals surface area contributed by atoms with E-state index in [0.29, 0.717) is 23.5 Å². The molecule has 10 heteroatoms. The Labute approximate surface area is 161 Å². The first kappa shape index (κ1) is 17.6. The number of imidazole rings is 1. The second kappa shape index (κ2) is 7.09. The van der Waals surface area contributed by atoms with Crippen molar-refractivity contribution < 1.29 is 14.9 Å². The predicted molar refractivity (Wildman–Crippen MR) is 98.8 cm³/mol. The quantitative estimate of drug-likeness (QED) is 0.534. The highest BCUT2D eigenvalue weighted by Crippen LogP contribution is 2.29. The average Bonchev–Trinajstić information content (AvgIpc) is 3.17. The van der Waals surface area contributed by atoms with Gasteiger partial charge in [-0.15, -0.1) is 0 Å². The summed E-state index contributed by atoms with van der Waals surface area (Å²) >= 11 is 9.51. The van der Waals surface area contributed by atoms with Crippen LogP contribution in [0.4, 0.5) is 5.82 Å². The number of anilines is 1. The third-order valence-corrected chi connectivity index (χ3v) is 4.80. The Bertz CT molecular complexity index is 953. The lowest BCUT2D eigenvalue weighted by Gasteiger charge is -2.16. The predicted octanol–water partition coefficient (Wildman–Crippen LogP) is 2.10. The van der Waals surface area contributed by atoms with Gasteiger partial charge in [-0.1, -0.05) is 28.1 Å². The number of ether oxygens (including phenoxy) is 1. The lowest BCUT2D eigenvalue weighted by Crippen LogP contribution is -2.28. The fourth-order valence-electron chi connectivity index (χ4n) is 2.86. The van der Waals surface area contributed by atoms with E-state index in [0.717, 1.165) is 10.0 Å². The summed E-state index contributed by atoms with van der Waals surface area (Å²) in [5.41, 5.74) is 1.97. The van der Waals surface area contributed by atoms with Crippen molar-refractivity contribution in [2.24, 2.45) is 0 Å². The molecule has 1 fully saturated rings. The summed E-state index contributed by atoms with van der Waals surface area (Å²) in [6.45, 7) is 0.564. The maximum Gasteiger partial charge on any atom is 0.226 e. The van der Waals surface area contributed by atoms with Gasteiger partial charge in [-0.3, -0.25) is 4.57 Å². The number of aromatic nitrogens is 4. The SMILES string of the molecule is OC1CO[C@@H](n2cnc3c(NCc4cccc(Br)c4)nc(Cl)nc32)C1O. The van der Waals surface area contributed by atoms with Gasteiger partial charge < -0.3 is 20.3 Å². The second-order valence-electron chi connectivity index (χ2n) is 5.93. The molecule has 0 bridgehead atoms. The summed E-state index contributed by atoms with van der Waals surface area (Å²) in [6.07, 6.45) is -1.31. The highest BCUT2D eigenvalue weighted by atomic mass is 79.9. The van der Waals surface area contributed by atoms with Gasteiger partial charge in [-0.25, -0.2) is 4.98 Å². The van der Waals surface area contributed by atoms with Gasteiger partial charge in [0.1, 0.15) is 12.2 Å². The number of fused-ring (bicyclic) bond motifs is 1. The summed E-state index contributed by atoms with van der Waals surface area (Å²) in [6, 6.07) is 7.88. The first-order valence-electron chi connectivity index (χ1n) is 7.89. The maximum atomic E-state index is 10.1. The summed E-state index contributed by atoms with van der Waals surface area (Å²) < 4.78 is 7.98. The number of nitrogens with zero attached hydrogens (tertiary/aromatic N) is 4. The van der Waals surface area contributed by atoms with Gasteiger partial charge in [0.15, 0.2) is 23.2 Å². The molecule has 2 unspecified atom stereocenters. The number of rotatable bonds is 4. The molecule has 0 saturated carbocycles. The van der Waals surface area contributed by atoms with Crippen LogP contribution in [0.25, 0.3) is 11.2 Å². The van der Waals surface area contributed by atoms with E-state index in [4.69, 9.17) is 16.3 Å². The van der Waals surface area contributed by atoms with E-state index < -0.39 is 18.4 Å². The molecule has 4 rings (SSSR count). The monoisotopic (exact) mass is 439 g/mol. The normalized spacial score (nSPS) is 22.8. The number of hydrogen-bond acceptors (Lipinski definition) is 7. The van der Waals surface area contributed by atoms with E-state index in [-0.39, 0.29) is 11.9 Å². The molecule has 3 atom stereocenters. The number of aliphatic hydroxyl groups is 2. The molecular formula is C16H15BrClN5O3. The van der Waals surface area contributed by atoms with Crippen LogP contribution >= 0.6 is 27.5 Å². The van der Waals surface area contributed by atoms with Crippen molar-refractivity contribution in [3.63, 3.8) is 0 Å². The largest absolute Gasteiger partial charge is 0.388 e. The van der Waals surface area contributed by atoms with Crippen LogP contribution in [-0.2, 0) is 11.3 Å². The third kappa shape index (κ3) is 3.28. The minimum atomic E-state index is -1.07. The first-order valence-corrected chi connectivity index (χ1v) is 9.06. The van der Waals surface area contributed by atoms with Crippen molar-refractivity contribution in [3.8, 4) is 0 Å². The standard InChI is InChI=1S/C16H15BrClN5O3/c17-9-3-1-2-8(4-9)5-19-13-11-14(22-16(18)21-13)23(7-20-11)15-12(25)10(24)6-26-15/h1-4,7,10,12,15,24-25H,5-6H2,(H,19,21,22)/t10?,12?,15-/m1/s1. The highest BCUT2D eigenvalue weighted by molar-refractivity contribution is 9.10. The molecule has 1 saturated heterocycles. The van der Waals surface area contributed by atoms with Gasteiger partial charge in [0.2, 0.25) is 5.28 Å². The molecule has 2 aromatic heterocycles. The van der Waals surface area contributed by atoms with E-state index in [1.165, 1.54) is 6.33 Å². The zero-order chi connectivity index (χ0) is 18.3. The Hall–Kier alpha value is -1.78. The van der Waals surface area contributed by atoms with Crippen LogP contribution in [0.3, 0.4) is 0 Å². The third-order valence-electron chi connectivity index (χ3n) is 4.14. The van der Waals surface area contributed by atoms with Crippen LogP contribution in [0.15, 0.2) is 35.1 Å². The van der Waals surface area contributed by atoms with Crippen LogP contribution in [-0.4, -0.2) is 48.5 Å². The summed E-state index contributed by atoms with van der Waals surface area (Å²) in [5, 5.41) is 23.0. The van der Waals surface area contributed by atoms with Crippen molar-refractivity contribution in [1.29, 1.82) is 0 Å². The molecular weight excluding hydrogens is 426 g/mol. The van der Waals surface area contributed by atoms with Gasteiger partial charge in [0, 0.05) is 11.0 Å². The van der Waals surface area contributed by atoms with Crippen molar-refractivity contribution in [1.82, 2.24) is 19.5 Å². The number of aliphatic hydroxyl groups excluding tert-OH is 2. The molecule has 136 valence electrons. The van der Waals surface area contributed by atoms with Crippen LogP contribution in [0.1, 0.15) is 11.8 Å². The number of halogens is 2. The van der Waals surface area contributed by atoms with E-state index >= 15 is 0 Å². The first-order chi connectivity index (χ1) is 12.5. The molecule has 1 aliphatic heterocycles. The molecule has 0 spiro atoms. The number of nitrogens with one attached hydrogen (secondary N) is 1. The molecule has 1 aromatic carbocycles. The van der Waals surface area contributed by atoms with E-state index in [1.807, 2.05) is 24.3 Å². The highest BCUT2D eigenvalue weighted by Gasteiger charge is 2.37. The molecule has 0 aliphatic carbocycles. The Balaban J connectivity index is 1.66. The summed E-state index contributed by atoms with van der Waals surface area (Å²) in [4.78, 5) is 12.7. The number of benzene rings is 1. The van der Waals surface area contributed by atoms with Crippen LogP contribution in [0, 0.1) is 0 Å². The van der Waals surface area contributed by atoms with Crippen molar-refractivity contribution in [2.75, 3.05) is 11.9 Å². The zero-order valence-electron chi connectivity index (χ0n) is 13.4. The van der Waals surface area contributed by atoms with E-state index in [1.54, 1.807) is 4.57 Å². The van der Waals surface area contributed by atoms with Crippen molar-refractivity contribution in [2.45, 2.75) is 25.0 Å². The van der Waals surface area contributed by atoms with Gasteiger partial charge >= 0.3 is 0 Å². The van der Waals surface area contributed by atoms with Gasteiger partial charge in [-0.2, -0.15) is 9.97 Å². The molecule has 8 nitrogen and oxygen atoms in total. The minimum absolute atomic E-state index is 0.0400. The fraction of sp³-hybridized carbons (Fsp3) is 0.312. The Morgan fingerprint density at radius 3 is 2.92 bits per heavy atom. The fourth-order valence-corrected chi connectivity index (χ4v) is 3.47. The Morgan fingerprint density at radius 1 is 1.35 bits per heavy atom. The van der Waals surface area contributed by atoms with Crippen molar-refractivity contribution in [3.05, 3.63) is 45.9 Å². The summed E-state index contributed by atoms with van der Waals surface area (Å²) in [5.74, 6) is 0.478. The average molecular weight is 441 g/mol. The van der Waals surface area contributed by atoms with E-state index in [2.05, 4.69) is 36.2 Å². The second-order valence-corrected chi connectivity index (χ2v) is 7.18. The van der Waals surface area contributed by atoms with Gasteiger partial charge in [0.25, 0.3) is 0 Å². The minimum Gasteiger partial charge on any atom is -0.388 e. The van der Waals surface area contributed by atoms with E-state index in [9.17, 15) is 10.2 Å². The lowest BCUT2D eigenvalue weighted by atomic mass is 10.2. The molecule has 3 aromatic rings. The molecule has 3 N–H and O–H groups in total. The molecule has 3 heterocycles. The van der Waals surface area contributed by atoms with Crippen LogP contribution in [0.2, 0.25) is 5.28 Å². The number of hydrogen-bond donors (Lipinski definition) is 3. The van der Waals surface area contributed by atoms with Crippen LogP contribution < -0.4 is 5.32 Å². The smallest absolute Gasteiger partial charge is 0.226 e. The Kier molecular flexibility index (Phi) is 4.80. The van der Waals surface area contributed by atoms with Gasteiger partial charge in [-0.05, 0) is 29.3 Å². The van der Waals surface area contributed by atoms with Crippen LogP contribution in [0.5, 0.6) is 0 Å². The lowest BCUT2D eigenvalue weighted by molar-refractivity contribution is -0.0162. The molecule has 26 heavy (non-hydrogen) atoms. The summed E-state index contributed by atoms with van der Waals surface area (Å²) in [7, 11) is 0. The topological polar surface area (TPSA) is 105 Å². The molecule has 1 aliphatic rings. The van der Waals surface area contributed by atoms with Gasteiger partial charge in [0.05, 0.1) is 12.9 Å². The molecule has 0 amide bonds. The zero-order valence-corrected chi connectivity index (χ0v) is 15.7. The molecule has 0 radical (unpaired) electrons.